The molecule has 7 nitrogen and oxygen atoms in total. The number of rotatable bonds is 4. The molecule has 0 atom stereocenters. The summed E-state index contributed by atoms with van der Waals surface area (Å²) in [6.07, 6.45) is 3.47. The van der Waals surface area contributed by atoms with Gasteiger partial charge in [-0.3, -0.25) is 9.78 Å². The zero-order valence-electron chi connectivity index (χ0n) is 15.7. The fraction of sp³-hybridized carbons (Fsp3) is 0.190. The monoisotopic (exact) mass is 404 g/mol. The predicted octanol–water partition coefficient (Wildman–Crippen LogP) is 3.35. The summed E-state index contributed by atoms with van der Waals surface area (Å²) in [5.74, 6) is 0.639. The molecule has 5 rings (SSSR count). The average Bonchev–Trinajstić information content (AvgIpc) is 3.42. The molecule has 0 aliphatic carbocycles. The number of hydrogen-bond acceptors (Lipinski definition) is 6. The van der Waals surface area contributed by atoms with Crippen LogP contribution in [0.4, 0.5) is 11.4 Å². The van der Waals surface area contributed by atoms with Crippen molar-refractivity contribution >= 4 is 39.7 Å². The van der Waals surface area contributed by atoms with Crippen LogP contribution in [0, 0.1) is 0 Å². The molecule has 1 aromatic carbocycles. The number of hydrogen-bond donors (Lipinski definition) is 3. The number of piperazine rings is 1. The standard InChI is InChI=1S/C21H20N6OS/c28-21(26-16-13-23-8-7-17(16)27-11-9-22-10-12-27)19-6-5-18(29-19)20-24-14-3-1-2-4-15(14)25-20/h1-8,13,22H,9-12H2,(H,24,25)(H,26,28). The molecule has 0 radical (unpaired) electrons. The molecule has 146 valence electrons. The van der Waals surface area contributed by atoms with Gasteiger partial charge in [-0.1, -0.05) is 12.1 Å². The molecule has 0 saturated carbocycles. The van der Waals surface area contributed by atoms with Crippen molar-refractivity contribution in [2.75, 3.05) is 36.4 Å². The lowest BCUT2D eigenvalue weighted by Gasteiger charge is -2.30. The largest absolute Gasteiger partial charge is 0.367 e. The fourth-order valence-electron chi connectivity index (χ4n) is 3.51. The van der Waals surface area contributed by atoms with Gasteiger partial charge < -0.3 is 20.5 Å². The third kappa shape index (κ3) is 3.59. The Labute approximate surface area is 171 Å². The summed E-state index contributed by atoms with van der Waals surface area (Å²) in [6, 6.07) is 13.6. The van der Waals surface area contributed by atoms with Gasteiger partial charge in [0.2, 0.25) is 0 Å². The third-order valence-corrected chi connectivity index (χ3v) is 6.05. The molecule has 0 unspecified atom stereocenters. The van der Waals surface area contributed by atoms with Gasteiger partial charge in [-0.05, 0) is 30.3 Å². The lowest BCUT2D eigenvalue weighted by atomic mass is 10.2. The third-order valence-electron chi connectivity index (χ3n) is 4.96. The Morgan fingerprint density at radius 2 is 1.97 bits per heavy atom. The molecule has 1 amide bonds. The fourth-order valence-corrected chi connectivity index (χ4v) is 4.35. The van der Waals surface area contributed by atoms with E-state index in [1.165, 1.54) is 11.3 Å². The highest BCUT2D eigenvalue weighted by Crippen LogP contribution is 2.30. The molecule has 1 aliphatic rings. The number of imidazole rings is 1. The van der Waals surface area contributed by atoms with Gasteiger partial charge in [-0.15, -0.1) is 11.3 Å². The summed E-state index contributed by atoms with van der Waals surface area (Å²) >= 11 is 1.42. The van der Waals surface area contributed by atoms with Crippen LogP contribution < -0.4 is 15.5 Å². The highest BCUT2D eigenvalue weighted by Gasteiger charge is 2.18. The molecule has 3 N–H and O–H groups in total. The number of amides is 1. The Balaban J connectivity index is 1.37. The van der Waals surface area contributed by atoms with E-state index in [0.29, 0.717) is 4.88 Å². The highest BCUT2D eigenvalue weighted by atomic mass is 32.1. The number of nitrogens with zero attached hydrogens (tertiary/aromatic N) is 3. The van der Waals surface area contributed by atoms with Gasteiger partial charge >= 0.3 is 0 Å². The lowest BCUT2D eigenvalue weighted by Crippen LogP contribution is -2.43. The van der Waals surface area contributed by atoms with Crippen molar-refractivity contribution in [3.8, 4) is 10.7 Å². The molecular formula is C21H20N6OS. The summed E-state index contributed by atoms with van der Waals surface area (Å²) in [5.41, 5.74) is 3.64. The zero-order valence-corrected chi connectivity index (χ0v) is 16.5. The van der Waals surface area contributed by atoms with Gasteiger partial charge in [0, 0.05) is 32.4 Å². The van der Waals surface area contributed by atoms with Gasteiger partial charge in [-0.25, -0.2) is 4.98 Å². The Kier molecular flexibility index (Phi) is 4.71. The smallest absolute Gasteiger partial charge is 0.265 e. The number of carbonyl (C=O) groups is 1. The summed E-state index contributed by atoms with van der Waals surface area (Å²) in [4.78, 5) is 28.8. The molecule has 4 aromatic rings. The van der Waals surface area contributed by atoms with Gasteiger partial charge in [0.1, 0.15) is 5.82 Å². The van der Waals surface area contributed by atoms with Gasteiger partial charge in [0.25, 0.3) is 5.91 Å². The molecule has 29 heavy (non-hydrogen) atoms. The van der Waals surface area contributed by atoms with E-state index in [2.05, 4.69) is 30.5 Å². The van der Waals surface area contributed by atoms with Crippen molar-refractivity contribution < 1.29 is 4.79 Å². The number of nitrogens with one attached hydrogen (secondary N) is 3. The lowest BCUT2D eigenvalue weighted by molar-refractivity contribution is 0.103. The maximum atomic E-state index is 12.9. The van der Waals surface area contributed by atoms with E-state index in [0.717, 1.165) is 59.3 Å². The van der Waals surface area contributed by atoms with Crippen LogP contribution in [0.15, 0.2) is 54.9 Å². The van der Waals surface area contributed by atoms with Crippen molar-refractivity contribution in [2.45, 2.75) is 0 Å². The first kappa shape index (κ1) is 17.8. The second-order valence-electron chi connectivity index (χ2n) is 6.85. The minimum absolute atomic E-state index is 0.137. The van der Waals surface area contributed by atoms with Gasteiger partial charge in [-0.2, -0.15) is 0 Å². The van der Waals surface area contributed by atoms with Gasteiger partial charge in [0.15, 0.2) is 0 Å². The first-order valence-electron chi connectivity index (χ1n) is 9.54. The molecule has 1 saturated heterocycles. The number of carbonyl (C=O) groups excluding carboxylic acids is 1. The number of H-pyrrole nitrogens is 1. The number of benzene rings is 1. The van der Waals surface area contributed by atoms with E-state index in [-0.39, 0.29) is 5.91 Å². The number of thiophene rings is 1. The number of pyridine rings is 1. The quantitative estimate of drug-likeness (QED) is 0.486. The minimum atomic E-state index is -0.137. The van der Waals surface area contributed by atoms with Crippen molar-refractivity contribution in [1.29, 1.82) is 0 Å². The highest BCUT2D eigenvalue weighted by molar-refractivity contribution is 7.17. The number of anilines is 2. The van der Waals surface area contributed by atoms with Crippen LogP contribution >= 0.6 is 11.3 Å². The SMILES string of the molecule is O=C(Nc1cnccc1N1CCNCC1)c1ccc(-c2nc3ccccc3[nH]2)s1. The predicted molar refractivity (Wildman–Crippen MR) is 117 cm³/mol. The van der Waals surface area contributed by atoms with E-state index in [1.54, 1.807) is 12.4 Å². The van der Waals surface area contributed by atoms with Crippen LogP contribution in [0.2, 0.25) is 0 Å². The van der Waals surface area contributed by atoms with Crippen LogP contribution in [0.1, 0.15) is 9.67 Å². The first-order chi connectivity index (χ1) is 14.3. The van der Waals surface area contributed by atoms with E-state index >= 15 is 0 Å². The molecule has 0 spiro atoms. The van der Waals surface area contributed by atoms with Gasteiger partial charge in [0.05, 0.1) is 38.4 Å². The summed E-state index contributed by atoms with van der Waals surface area (Å²) in [7, 11) is 0. The Morgan fingerprint density at radius 1 is 1.10 bits per heavy atom. The second kappa shape index (κ2) is 7.65. The van der Waals surface area contributed by atoms with Crippen LogP contribution in [-0.2, 0) is 0 Å². The number of aromatic nitrogens is 3. The Morgan fingerprint density at radius 3 is 2.83 bits per heavy atom. The first-order valence-corrected chi connectivity index (χ1v) is 10.4. The summed E-state index contributed by atoms with van der Waals surface area (Å²) in [5, 5.41) is 6.38. The molecule has 0 bridgehead atoms. The minimum Gasteiger partial charge on any atom is -0.367 e. The van der Waals surface area contributed by atoms with Crippen molar-refractivity contribution in [2.24, 2.45) is 0 Å². The van der Waals surface area contributed by atoms with Crippen molar-refractivity contribution in [3.05, 3.63) is 59.7 Å². The summed E-state index contributed by atoms with van der Waals surface area (Å²) < 4.78 is 0. The molecule has 4 heterocycles. The Bertz CT molecular complexity index is 1130. The van der Waals surface area contributed by atoms with E-state index < -0.39 is 0 Å². The second-order valence-corrected chi connectivity index (χ2v) is 7.93. The molecule has 3 aromatic heterocycles. The van der Waals surface area contributed by atoms with E-state index in [1.807, 2.05) is 42.5 Å². The normalized spacial score (nSPS) is 14.3. The Hall–Kier alpha value is -3.23. The van der Waals surface area contributed by atoms with Crippen LogP contribution in [-0.4, -0.2) is 47.0 Å². The molecule has 8 heteroatoms. The topological polar surface area (TPSA) is 85.9 Å². The number of para-hydroxylation sites is 2. The van der Waals surface area contributed by atoms with Crippen LogP contribution in [0.5, 0.6) is 0 Å². The van der Waals surface area contributed by atoms with Crippen molar-refractivity contribution in [1.82, 2.24) is 20.3 Å². The van der Waals surface area contributed by atoms with Crippen LogP contribution in [0.3, 0.4) is 0 Å². The maximum Gasteiger partial charge on any atom is 0.265 e. The molecular weight excluding hydrogens is 384 g/mol. The van der Waals surface area contributed by atoms with Crippen molar-refractivity contribution in [3.63, 3.8) is 0 Å². The molecule has 1 aliphatic heterocycles. The average molecular weight is 404 g/mol. The zero-order chi connectivity index (χ0) is 19.6. The molecule has 1 fully saturated rings. The van der Waals surface area contributed by atoms with E-state index in [9.17, 15) is 4.79 Å². The van der Waals surface area contributed by atoms with Crippen LogP contribution in [0.25, 0.3) is 21.7 Å². The number of aromatic amines is 1. The summed E-state index contributed by atoms with van der Waals surface area (Å²) in [6.45, 7) is 3.67. The van der Waals surface area contributed by atoms with E-state index in [4.69, 9.17) is 0 Å². The number of fused-ring (bicyclic) bond motifs is 1. The maximum absolute atomic E-state index is 12.9.